The van der Waals surface area contributed by atoms with Crippen LogP contribution in [0.1, 0.15) is 21.6 Å². The summed E-state index contributed by atoms with van der Waals surface area (Å²) < 4.78 is 2.51. The molecule has 0 aliphatic heterocycles. The lowest BCUT2D eigenvalue weighted by Gasteiger charge is -2.09. The van der Waals surface area contributed by atoms with Crippen molar-refractivity contribution in [2.45, 2.75) is 20.0 Å². The van der Waals surface area contributed by atoms with Crippen molar-refractivity contribution >= 4 is 5.91 Å². The average molecular weight is 365 g/mol. The number of carbonyl (C=O) groups excluding carboxylic acids is 1. The van der Waals surface area contributed by atoms with Crippen molar-refractivity contribution in [3.63, 3.8) is 0 Å². The fraction of sp³-hybridized carbons (Fsp3) is 0.211. The van der Waals surface area contributed by atoms with Crippen LogP contribution < -0.4 is 16.4 Å². The third-order valence-electron chi connectivity index (χ3n) is 3.95. The van der Waals surface area contributed by atoms with Gasteiger partial charge in [0.15, 0.2) is 0 Å². The van der Waals surface area contributed by atoms with Crippen LogP contribution in [0.15, 0.2) is 64.3 Å². The van der Waals surface area contributed by atoms with Crippen molar-refractivity contribution in [1.82, 2.24) is 24.9 Å². The molecule has 1 aromatic carbocycles. The Morgan fingerprint density at radius 2 is 1.74 bits per heavy atom. The number of amides is 1. The second-order valence-electron chi connectivity index (χ2n) is 6.04. The van der Waals surface area contributed by atoms with Crippen LogP contribution in [0, 0.1) is 6.92 Å². The lowest BCUT2D eigenvalue weighted by molar-refractivity contribution is 0.0944. The number of rotatable bonds is 6. The minimum atomic E-state index is -0.420. The molecule has 0 bridgehead atoms. The van der Waals surface area contributed by atoms with E-state index >= 15 is 0 Å². The molecule has 2 heterocycles. The van der Waals surface area contributed by atoms with Gasteiger partial charge in [-0.15, -0.1) is 0 Å². The highest BCUT2D eigenvalue weighted by Gasteiger charge is 2.10. The SMILES string of the molecule is Cc1ccc(Cn2nc(C(=O)NCCn3ncccc3=O)ccc2=O)cc1. The Labute approximate surface area is 155 Å². The third-order valence-corrected chi connectivity index (χ3v) is 3.95. The number of nitrogens with zero attached hydrogens (tertiary/aromatic N) is 4. The number of nitrogens with one attached hydrogen (secondary N) is 1. The molecular weight excluding hydrogens is 346 g/mol. The Balaban J connectivity index is 1.66. The Morgan fingerprint density at radius 1 is 1.00 bits per heavy atom. The highest BCUT2D eigenvalue weighted by molar-refractivity contribution is 5.91. The van der Waals surface area contributed by atoms with Crippen molar-refractivity contribution in [3.8, 4) is 0 Å². The molecule has 0 fully saturated rings. The maximum atomic E-state index is 12.3. The van der Waals surface area contributed by atoms with Gasteiger partial charge in [-0.3, -0.25) is 14.4 Å². The highest BCUT2D eigenvalue weighted by Crippen LogP contribution is 2.04. The second-order valence-corrected chi connectivity index (χ2v) is 6.04. The van der Waals surface area contributed by atoms with Crippen molar-refractivity contribution in [1.29, 1.82) is 0 Å². The van der Waals surface area contributed by atoms with Gasteiger partial charge in [0.1, 0.15) is 5.69 Å². The van der Waals surface area contributed by atoms with E-state index < -0.39 is 5.91 Å². The molecule has 0 spiro atoms. The summed E-state index contributed by atoms with van der Waals surface area (Å²) in [5.41, 5.74) is 1.65. The summed E-state index contributed by atoms with van der Waals surface area (Å²) in [7, 11) is 0. The second kappa shape index (κ2) is 8.22. The van der Waals surface area contributed by atoms with Crippen LogP contribution in [0.2, 0.25) is 0 Å². The molecular formula is C19H19N5O3. The van der Waals surface area contributed by atoms with Gasteiger partial charge in [0.25, 0.3) is 17.0 Å². The van der Waals surface area contributed by atoms with Gasteiger partial charge in [0.05, 0.1) is 13.1 Å². The van der Waals surface area contributed by atoms with Gasteiger partial charge in [-0.05, 0) is 24.6 Å². The summed E-state index contributed by atoms with van der Waals surface area (Å²) in [6.07, 6.45) is 1.51. The molecule has 0 unspecified atom stereocenters. The van der Waals surface area contributed by atoms with E-state index in [9.17, 15) is 14.4 Å². The van der Waals surface area contributed by atoms with E-state index in [-0.39, 0.29) is 36.4 Å². The molecule has 1 amide bonds. The summed E-state index contributed by atoms with van der Waals surface area (Å²) in [4.78, 5) is 35.9. The van der Waals surface area contributed by atoms with Crippen molar-refractivity contribution in [2.75, 3.05) is 6.54 Å². The van der Waals surface area contributed by atoms with Crippen molar-refractivity contribution in [3.05, 3.63) is 92.3 Å². The molecule has 3 rings (SSSR count). The maximum Gasteiger partial charge on any atom is 0.271 e. The molecule has 0 aliphatic rings. The number of benzene rings is 1. The average Bonchev–Trinajstić information content (AvgIpc) is 2.66. The topological polar surface area (TPSA) is 98.9 Å². The summed E-state index contributed by atoms with van der Waals surface area (Å²) in [6.45, 7) is 2.73. The Morgan fingerprint density at radius 3 is 2.48 bits per heavy atom. The van der Waals surface area contributed by atoms with E-state index in [0.717, 1.165) is 11.1 Å². The molecule has 3 aromatic rings. The summed E-state index contributed by atoms with van der Waals surface area (Å²) >= 11 is 0. The highest BCUT2D eigenvalue weighted by atomic mass is 16.2. The molecule has 8 nitrogen and oxygen atoms in total. The third kappa shape index (κ3) is 4.75. The van der Waals surface area contributed by atoms with Crippen LogP contribution in [-0.2, 0) is 13.1 Å². The zero-order valence-corrected chi connectivity index (χ0v) is 14.8. The van der Waals surface area contributed by atoms with Crippen LogP contribution in [-0.4, -0.2) is 32.0 Å². The largest absolute Gasteiger partial charge is 0.349 e. The van der Waals surface area contributed by atoms with E-state index in [2.05, 4.69) is 15.5 Å². The van der Waals surface area contributed by atoms with E-state index in [1.165, 1.54) is 33.8 Å². The van der Waals surface area contributed by atoms with Crippen LogP contribution in [0.3, 0.4) is 0 Å². The Hall–Kier alpha value is -3.55. The van der Waals surface area contributed by atoms with Gasteiger partial charge in [-0.25, -0.2) is 9.36 Å². The number of hydrogen-bond acceptors (Lipinski definition) is 5. The minimum Gasteiger partial charge on any atom is -0.349 e. The molecule has 2 aromatic heterocycles. The summed E-state index contributed by atoms with van der Waals surface area (Å²) in [5, 5.41) is 10.7. The monoisotopic (exact) mass is 365 g/mol. The zero-order valence-electron chi connectivity index (χ0n) is 14.8. The lowest BCUT2D eigenvalue weighted by Crippen LogP contribution is -2.33. The predicted molar refractivity (Wildman–Crippen MR) is 99.6 cm³/mol. The minimum absolute atomic E-state index is 0.134. The van der Waals surface area contributed by atoms with E-state index in [1.54, 1.807) is 6.07 Å². The fourth-order valence-electron chi connectivity index (χ4n) is 2.47. The van der Waals surface area contributed by atoms with E-state index in [4.69, 9.17) is 0 Å². The number of aryl methyl sites for hydroxylation is 1. The summed E-state index contributed by atoms with van der Waals surface area (Å²) in [5.74, 6) is -0.420. The van der Waals surface area contributed by atoms with Crippen LogP contribution in [0.5, 0.6) is 0 Å². The van der Waals surface area contributed by atoms with Gasteiger partial charge < -0.3 is 5.32 Å². The van der Waals surface area contributed by atoms with Crippen molar-refractivity contribution in [2.24, 2.45) is 0 Å². The van der Waals surface area contributed by atoms with Gasteiger partial charge in [0, 0.05) is 24.9 Å². The van der Waals surface area contributed by atoms with Crippen LogP contribution in [0.25, 0.3) is 0 Å². The van der Waals surface area contributed by atoms with Crippen LogP contribution in [0.4, 0.5) is 0 Å². The van der Waals surface area contributed by atoms with Crippen molar-refractivity contribution < 1.29 is 4.79 Å². The Kier molecular flexibility index (Phi) is 5.55. The molecule has 1 N–H and O–H groups in total. The molecule has 138 valence electrons. The smallest absolute Gasteiger partial charge is 0.271 e. The normalized spacial score (nSPS) is 10.6. The molecule has 0 radical (unpaired) electrons. The van der Waals surface area contributed by atoms with Gasteiger partial charge >= 0.3 is 0 Å². The Bertz CT molecular complexity index is 1050. The van der Waals surface area contributed by atoms with E-state index in [1.807, 2.05) is 31.2 Å². The van der Waals surface area contributed by atoms with Gasteiger partial charge in [-0.1, -0.05) is 29.8 Å². The first-order valence-electron chi connectivity index (χ1n) is 8.47. The number of carbonyl (C=O) groups is 1. The predicted octanol–water partition coefficient (Wildman–Crippen LogP) is 0.587. The van der Waals surface area contributed by atoms with Gasteiger partial charge in [0.2, 0.25) is 0 Å². The fourth-order valence-corrected chi connectivity index (χ4v) is 2.47. The molecule has 27 heavy (non-hydrogen) atoms. The first-order valence-corrected chi connectivity index (χ1v) is 8.47. The molecule has 0 saturated carbocycles. The van der Waals surface area contributed by atoms with Gasteiger partial charge in [-0.2, -0.15) is 10.2 Å². The first-order chi connectivity index (χ1) is 13.0. The lowest BCUT2D eigenvalue weighted by atomic mass is 10.1. The molecule has 0 saturated heterocycles. The maximum absolute atomic E-state index is 12.3. The molecule has 0 atom stereocenters. The van der Waals surface area contributed by atoms with Crippen LogP contribution >= 0.6 is 0 Å². The molecule has 8 heteroatoms. The quantitative estimate of drug-likeness (QED) is 0.689. The number of hydrogen-bond donors (Lipinski definition) is 1. The zero-order chi connectivity index (χ0) is 19.2. The number of aromatic nitrogens is 4. The first kappa shape index (κ1) is 18.2. The van der Waals surface area contributed by atoms with E-state index in [0.29, 0.717) is 0 Å². The standard InChI is InChI=1S/C19H19N5O3/c1-14-4-6-15(7-5-14)13-24-18(26)9-8-16(22-24)19(27)20-11-12-23-17(25)3-2-10-21-23/h2-10H,11-13H2,1H3,(H,20,27). The molecule has 0 aliphatic carbocycles. The summed E-state index contributed by atoms with van der Waals surface area (Å²) in [6, 6.07) is 13.4.